The maximum Gasteiger partial charge on any atom is 0.408 e. The molecule has 0 saturated carbocycles. The molecule has 1 atom stereocenters. The second kappa shape index (κ2) is 8.87. The first kappa shape index (κ1) is 18.5. The minimum Gasteiger partial charge on any atom is -0.463 e. The second-order valence-corrected chi connectivity index (χ2v) is 7.76. The van der Waals surface area contributed by atoms with Gasteiger partial charge in [0.2, 0.25) is 6.81 Å². The van der Waals surface area contributed by atoms with E-state index in [0.29, 0.717) is 5.56 Å². The van der Waals surface area contributed by atoms with Crippen LogP contribution in [0.5, 0.6) is 5.75 Å². The topological polar surface area (TPSA) is 73.9 Å². The fraction of sp³-hybridized carbons (Fsp3) is 0.579. The van der Waals surface area contributed by atoms with Gasteiger partial charge in [0.1, 0.15) is 25.7 Å². The molecule has 146 valence electrons. The highest BCUT2D eigenvalue weighted by atomic mass is 19.1. The molecule has 0 fully saturated rings. The van der Waals surface area contributed by atoms with Crippen LogP contribution in [0.3, 0.4) is 0 Å². The van der Waals surface area contributed by atoms with E-state index in [1.54, 1.807) is 41.5 Å². The molecule has 0 aliphatic carbocycles. The summed E-state index contributed by atoms with van der Waals surface area (Å²) in [6.45, 7) is 6.97. The molecule has 7 heteroatoms. The zero-order valence-electron chi connectivity index (χ0n) is 18.0. The molecule has 0 heterocycles. The van der Waals surface area contributed by atoms with Gasteiger partial charge in [0.15, 0.2) is 0 Å². The van der Waals surface area contributed by atoms with Crippen molar-refractivity contribution in [3.8, 4) is 5.75 Å². The lowest BCUT2D eigenvalue weighted by Gasteiger charge is -2.26. The van der Waals surface area contributed by atoms with Crippen LogP contribution in [0.1, 0.15) is 49.8 Å². The molecule has 0 saturated heterocycles. The van der Waals surface area contributed by atoms with Crippen LogP contribution in [0.4, 0.5) is 9.18 Å². The van der Waals surface area contributed by atoms with Gasteiger partial charge in [-0.3, -0.25) is 0 Å². The fourth-order valence-corrected chi connectivity index (χ4v) is 1.99. The first-order chi connectivity index (χ1) is 12.5. The molecule has 1 rings (SSSR count). The molecule has 1 aromatic rings. The third-order valence-electron chi connectivity index (χ3n) is 2.90. The quantitative estimate of drug-likeness (QED) is 0.771. The zero-order valence-corrected chi connectivity index (χ0v) is 16.0. The smallest absolute Gasteiger partial charge is 0.408 e. The van der Waals surface area contributed by atoms with Crippen LogP contribution in [0.15, 0.2) is 24.3 Å². The SMILES string of the molecule is [2H]C([2H])(F)Oc1ccc(C[C@@H](NC(=O)OC(C)(C)C)C(=O)OC(C)(C)C)cc1. The number of carbonyl (C=O) groups excluding carboxylic acids is 2. The lowest BCUT2D eigenvalue weighted by atomic mass is 10.1. The van der Waals surface area contributed by atoms with Gasteiger partial charge >= 0.3 is 12.1 Å². The lowest BCUT2D eigenvalue weighted by molar-refractivity contribution is -0.157. The highest BCUT2D eigenvalue weighted by Gasteiger charge is 2.28. The van der Waals surface area contributed by atoms with Gasteiger partial charge in [-0.15, -0.1) is 0 Å². The highest BCUT2D eigenvalue weighted by molar-refractivity contribution is 5.82. The predicted octanol–water partition coefficient (Wildman–Crippen LogP) is 3.77. The number of ether oxygens (including phenoxy) is 3. The summed E-state index contributed by atoms with van der Waals surface area (Å²) in [5.41, 5.74) is -0.846. The van der Waals surface area contributed by atoms with Crippen molar-refractivity contribution >= 4 is 12.1 Å². The van der Waals surface area contributed by atoms with Crippen LogP contribution in [-0.2, 0) is 20.7 Å². The molecular weight excluding hydrogens is 341 g/mol. The van der Waals surface area contributed by atoms with Crippen LogP contribution in [0, 0.1) is 0 Å². The maximum atomic E-state index is 12.9. The maximum absolute atomic E-state index is 12.9. The second-order valence-electron chi connectivity index (χ2n) is 7.76. The van der Waals surface area contributed by atoms with Crippen molar-refractivity contribution in [1.82, 2.24) is 5.32 Å². The van der Waals surface area contributed by atoms with Crippen LogP contribution >= 0.6 is 0 Å². The standard InChI is InChI=1S/C19H28FNO5/c1-18(2,3)25-16(22)15(21-17(23)26-19(4,5)6)11-13-7-9-14(10-8-13)24-12-20/h7-10,15H,11-12H2,1-6H3,(H,21,23)/t15-/m1/s1/i12D2. The van der Waals surface area contributed by atoms with E-state index < -0.39 is 36.1 Å². The number of esters is 1. The largest absolute Gasteiger partial charge is 0.463 e. The average molecular weight is 371 g/mol. The van der Waals surface area contributed by atoms with E-state index in [9.17, 15) is 14.0 Å². The molecule has 0 unspecified atom stereocenters. The van der Waals surface area contributed by atoms with E-state index >= 15 is 0 Å². The first-order valence-corrected chi connectivity index (χ1v) is 8.23. The molecule has 1 amide bonds. The van der Waals surface area contributed by atoms with Crippen molar-refractivity contribution in [2.75, 3.05) is 6.81 Å². The van der Waals surface area contributed by atoms with E-state index in [2.05, 4.69) is 10.1 Å². The molecule has 0 aliphatic rings. The van der Waals surface area contributed by atoms with Gasteiger partial charge in [-0.05, 0) is 59.2 Å². The van der Waals surface area contributed by atoms with Crippen LogP contribution < -0.4 is 10.1 Å². The van der Waals surface area contributed by atoms with E-state index in [-0.39, 0.29) is 12.2 Å². The van der Waals surface area contributed by atoms with Crippen LogP contribution in [-0.4, -0.2) is 36.1 Å². The van der Waals surface area contributed by atoms with Crippen LogP contribution in [0.2, 0.25) is 0 Å². The number of hydrogen-bond acceptors (Lipinski definition) is 5. The molecule has 0 radical (unpaired) electrons. The Balaban J connectivity index is 2.92. The molecule has 0 aromatic heterocycles. The Morgan fingerprint density at radius 3 is 2.08 bits per heavy atom. The zero-order chi connectivity index (χ0) is 21.8. The molecule has 6 nitrogen and oxygen atoms in total. The number of rotatable bonds is 6. The summed E-state index contributed by atoms with van der Waals surface area (Å²) in [6, 6.07) is 4.80. The summed E-state index contributed by atoms with van der Waals surface area (Å²) >= 11 is 0. The number of carbonyl (C=O) groups is 2. The summed E-state index contributed by atoms with van der Waals surface area (Å²) in [6.07, 6.45) is -0.661. The van der Waals surface area contributed by atoms with Crippen molar-refractivity contribution in [2.45, 2.75) is 65.2 Å². The predicted molar refractivity (Wildman–Crippen MR) is 95.8 cm³/mol. The molecule has 0 aliphatic heterocycles. The van der Waals surface area contributed by atoms with Gasteiger partial charge in [0.25, 0.3) is 0 Å². The summed E-state index contributed by atoms with van der Waals surface area (Å²) in [7, 11) is 0. The third-order valence-corrected chi connectivity index (χ3v) is 2.90. The number of alkyl carbamates (subject to hydrolysis) is 1. The normalized spacial score (nSPS) is 14.6. The number of halogens is 1. The Labute approximate surface area is 156 Å². The molecule has 1 N–H and O–H groups in total. The van der Waals surface area contributed by atoms with Crippen LogP contribution in [0.25, 0.3) is 0 Å². The van der Waals surface area contributed by atoms with Gasteiger partial charge in [-0.25, -0.2) is 14.0 Å². The lowest BCUT2D eigenvalue weighted by Crippen LogP contribution is -2.47. The number of benzene rings is 1. The summed E-state index contributed by atoms with van der Waals surface area (Å²) in [5.74, 6) is -0.635. The van der Waals surface area contributed by atoms with Gasteiger partial charge in [-0.1, -0.05) is 12.1 Å². The molecule has 0 bridgehead atoms. The minimum atomic E-state index is -3.29. The van der Waals surface area contributed by atoms with Crippen molar-refractivity contribution in [1.29, 1.82) is 0 Å². The number of amides is 1. The Morgan fingerprint density at radius 2 is 1.62 bits per heavy atom. The molecule has 26 heavy (non-hydrogen) atoms. The first-order valence-electron chi connectivity index (χ1n) is 9.23. The Hall–Kier alpha value is -2.31. The van der Waals surface area contributed by atoms with Gasteiger partial charge in [0.05, 0.1) is 0 Å². The fourth-order valence-electron chi connectivity index (χ4n) is 1.99. The van der Waals surface area contributed by atoms with Crippen molar-refractivity contribution in [2.24, 2.45) is 0 Å². The summed E-state index contributed by atoms with van der Waals surface area (Å²) in [5, 5.41) is 2.51. The number of alkyl halides is 1. The van der Waals surface area contributed by atoms with Gasteiger partial charge in [-0.2, -0.15) is 0 Å². The van der Waals surface area contributed by atoms with Crippen molar-refractivity contribution < 1.29 is 30.9 Å². The third kappa shape index (κ3) is 8.69. The van der Waals surface area contributed by atoms with E-state index in [4.69, 9.17) is 12.2 Å². The Kier molecular flexibility index (Phi) is 6.30. The minimum absolute atomic E-state index is 0.00910. The van der Waals surface area contributed by atoms with E-state index in [0.717, 1.165) is 0 Å². The van der Waals surface area contributed by atoms with Gasteiger partial charge < -0.3 is 19.5 Å². The molecular formula is C19H28FNO5. The monoisotopic (exact) mass is 371 g/mol. The molecule has 1 aromatic carbocycles. The van der Waals surface area contributed by atoms with Crippen molar-refractivity contribution in [3.63, 3.8) is 0 Å². The summed E-state index contributed by atoms with van der Waals surface area (Å²) < 4.78 is 41.5. The highest BCUT2D eigenvalue weighted by Crippen LogP contribution is 2.16. The number of nitrogens with one attached hydrogen (secondary N) is 1. The van der Waals surface area contributed by atoms with E-state index in [1.165, 1.54) is 24.3 Å². The summed E-state index contributed by atoms with van der Waals surface area (Å²) in [4.78, 5) is 24.6. The number of hydrogen-bond donors (Lipinski definition) is 1. The van der Waals surface area contributed by atoms with Crippen molar-refractivity contribution in [3.05, 3.63) is 29.8 Å². The van der Waals surface area contributed by atoms with Gasteiger partial charge in [0, 0.05) is 6.42 Å². The molecule has 0 spiro atoms. The Bertz CT molecular complexity index is 676. The Morgan fingerprint density at radius 1 is 1.08 bits per heavy atom. The van der Waals surface area contributed by atoms with E-state index in [1.807, 2.05) is 0 Å². The average Bonchev–Trinajstić information content (AvgIpc) is 2.43.